The Morgan fingerprint density at radius 2 is 1.52 bits per heavy atom. The summed E-state index contributed by atoms with van der Waals surface area (Å²) in [5, 5.41) is 3.40. The monoisotopic (exact) mass is 679 g/mol. The first-order valence-electron chi connectivity index (χ1n) is 15.1. The maximum Gasteiger partial charge on any atom is 0.264 e. The summed E-state index contributed by atoms with van der Waals surface area (Å²) in [4.78, 5) is 30.1. The number of carbonyl (C=O) groups is 2. The number of hydrogen-bond donors (Lipinski definition) is 1. The van der Waals surface area contributed by atoms with E-state index in [0.29, 0.717) is 6.42 Å². The molecule has 0 saturated carbocycles. The van der Waals surface area contributed by atoms with Gasteiger partial charge in [-0.1, -0.05) is 102 Å². The summed E-state index contributed by atoms with van der Waals surface area (Å²) in [5.41, 5.74) is 3.56. The van der Waals surface area contributed by atoms with Crippen LogP contribution in [0.3, 0.4) is 0 Å². The maximum atomic E-state index is 14.6. The topological polar surface area (TPSA) is 86.8 Å². The van der Waals surface area contributed by atoms with E-state index in [1.54, 1.807) is 18.2 Å². The van der Waals surface area contributed by atoms with Crippen LogP contribution in [0.1, 0.15) is 42.5 Å². The number of anilines is 1. The van der Waals surface area contributed by atoms with Crippen molar-refractivity contribution in [3.8, 4) is 0 Å². The molecule has 4 rings (SSSR count). The molecule has 0 aliphatic heterocycles. The second-order valence-electron chi connectivity index (χ2n) is 11.4. The number of hydrogen-bond acceptors (Lipinski definition) is 4. The van der Waals surface area contributed by atoms with Crippen molar-refractivity contribution in [2.24, 2.45) is 0 Å². The van der Waals surface area contributed by atoms with Crippen LogP contribution in [-0.2, 0) is 32.6 Å². The van der Waals surface area contributed by atoms with Crippen LogP contribution in [0.2, 0.25) is 10.0 Å². The number of sulfonamides is 1. The number of amides is 2. The highest BCUT2D eigenvalue weighted by Crippen LogP contribution is 2.33. The second-order valence-corrected chi connectivity index (χ2v) is 14.1. The van der Waals surface area contributed by atoms with Gasteiger partial charge in [0, 0.05) is 24.0 Å². The van der Waals surface area contributed by atoms with Gasteiger partial charge in [0.1, 0.15) is 12.6 Å². The van der Waals surface area contributed by atoms with Crippen molar-refractivity contribution in [2.75, 3.05) is 10.8 Å². The van der Waals surface area contributed by atoms with Crippen LogP contribution in [0.25, 0.3) is 0 Å². The van der Waals surface area contributed by atoms with Gasteiger partial charge < -0.3 is 10.2 Å². The third kappa shape index (κ3) is 8.69. The highest BCUT2D eigenvalue weighted by atomic mass is 35.5. The lowest BCUT2D eigenvalue weighted by Crippen LogP contribution is -2.54. The number of nitrogens with zero attached hydrogens (tertiary/aromatic N) is 2. The summed E-state index contributed by atoms with van der Waals surface area (Å²) >= 11 is 12.9. The minimum Gasteiger partial charge on any atom is -0.352 e. The molecule has 0 heterocycles. The SMILES string of the molecule is CCC(C)NC(=O)C(Cc1ccccc1)N(Cc1ccccc1C)C(=O)CN(c1cc(Cl)ccc1Cl)S(=O)(=O)c1ccc(C)cc1. The zero-order valence-corrected chi connectivity index (χ0v) is 28.7. The lowest BCUT2D eigenvalue weighted by atomic mass is 10.0. The molecule has 0 aliphatic carbocycles. The van der Waals surface area contributed by atoms with E-state index in [1.165, 1.54) is 29.2 Å². The van der Waals surface area contributed by atoms with Gasteiger partial charge >= 0.3 is 0 Å². The fraction of sp³-hybridized carbons (Fsp3) is 0.278. The van der Waals surface area contributed by atoms with E-state index in [0.717, 1.165) is 26.6 Å². The van der Waals surface area contributed by atoms with Gasteiger partial charge in [0.2, 0.25) is 11.8 Å². The Morgan fingerprint density at radius 1 is 0.870 bits per heavy atom. The molecule has 0 fully saturated rings. The molecule has 2 atom stereocenters. The molecular formula is C36H39Cl2N3O4S. The lowest BCUT2D eigenvalue weighted by Gasteiger charge is -2.34. The van der Waals surface area contributed by atoms with Crippen LogP contribution in [0.4, 0.5) is 5.69 Å². The molecule has 7 nitrogen and oxygen atoms in total. The Kier molecular flexibility index (Phi) is 11.9. The van der Waals surface area contributed by atoms with Gasteiger partial charge in [-0.15, -0.1) is 0 Å². The predicted molar refractivity (Wildman–Crippen MR) is 186 cm³/mol. The molecule has 46 heavy (non-hydrogen) atoms. The Morgan fingerprint density at radius 3 is 2.17 bits per heavy atom. The molecule has 2 amide bonds. The number of benzene rings is 4. The number of nitrogens with one attached hydrogen (secondary N) is 1. The zero-order chi connectivity index (χ0) is 33.4. The quantitative estimate of drug-likeness (QED) is 0.160. The van der Waals surface area contributed by atoms with Crippen molar-refractivity contribution in [1.82, 2.24) is 10.2 Å². The van der Waals surface area contributed by atoms with E-state index in [1.807, 2.05) is 82.3 Å². The van der Waals surface area contributed by atoms with E-state index in [9.17, 15) is 18.0 Å². The van der Waals surface area contributed by atoms with Crippen LogP contribution in [-0.4, -0.2) is 43.8 Å². The molecule has 0 aromatic heterocycles. The van der Waals surface area contributed by atoms with Crippen LogP contribution in [0, 0.1) is 13.8 Å². The van der Waals surface area contributed by atoms with Gasteiger partial charge in [0.05, 0.1) is 15.6 Å². The fourth-order valence-corrected chi connectivity index (χ4v) is 6.85. The average Bonchev–Trinajstić information content (AvgIpc) is 3.04. The van der Waals surface area contributed by atoms with E-state index >= 15 is 0 Å². The van der Waals surface area contributed by atoms with Gasteiger partial charge in [0.15, 0.2) is 0 Å². The molecule has 4 aromatic rings. The number of rotatable bonds is 13. The standard InChI is InChI=1S/C36H39Cl2N3O4S/c1-5-27(4)39-36(43)34(21-28-12-7-6-8-13-28)40(23-29-14-10-9-11-26(29)3)35(42)24-41(33-22-30(37)17-20-32(33)38)46(44,45)31-18-15-25(2)16-19-31/h6-20,22,27,34H,5,21,23-24H2,1-4H3,(H,39,43). The molecule has 0 aliphatic rings. The molecule has 0 saturated heterocycles. The van der Waals surface area contributed by atoms with Crippen LogP contribution in [0.5, 0.6) is 0 Å². The van der Waals surface area contributed by atoms with E-state index in [4.69, 9.17) is 23.2 Å². The van der Waals surface area contributed by atoms with Crippen molar-refractivity contribution < 1.29 is 18.0 Å². The number of carbonyl (C=O) groups excluding carboxylic acids is 2. The predicted octanol–water partition coefficient (Wildman–Crippen LogP) is 7.36. The number of aryl methyl sites for hydroxylation is 2. The van der Waals surface area contributed by atoms with E-state index < -0.39 is 28.5 Å². The number of halogens is 2. The minimum atomic E-state index is -4.31. The normalized spacial score (nSPS) is 12.7. The molecule has 0 bridgehead atoms. The van der Waals surface area contributed by atoms with Crippen molar-refractivity contribution in [1.29, 1.82) is 0 Å². The molecular weight excluding hydrogens is 641 g/mol. The van der Waals surface area contributed by atoms with Gasteiger partial charge in [0.25, 0.3) is 10.0 Å². The van der Waals surface area contributed by atoms with Crippen LogP contribution >= 0.6 is 23.2 Å². The summed E-state index contributed by atoms with van der Waals surface area (Å²) in [5.74, 6) is -0.899. The smallest absolute Gasteiger partial charge is 0.264 e. The maximum absolute atomic E-state index is 14.6. The summed E-state index contributed by atoms with van der Waals surface area (Å²) in [6, 6.07) is 26.8. The molecule has 0 spiro atoms. The molecule has 242 valence electrons. The first-order chi connectivity index (χ1) is 21.9. The van der Waals surface area contributed by atoms with Gasteiger partial charge in [-0.2, -0.15) is 0 Å². The van der Waals surface area contributed by atoms with Crippen molar-refractivity contribution in [2.45, 2.75) is 64.1 Å². The highest BCUT2D eigenvalue weighted by Gasteiger charge is 2.35. The third-order valence-corrected chi connectivity index (χ3v) is 10.3. The van der Waals surface area contributed by atoms with E-state index in [-0.39, 0.29) is 45.5 Å². The van der Waals surface area contributed by atoms with Crippen LogP contribution < -0.4 is 9.62 Å². The Bertz CT molecular complexity index is 1770. The van der Waals surface area contributed by atoms with Crippen molar-refractivity contribution >= 4 is 50.7 Å². The molecule has 0 radical (unpaired) electrons. The summed E-state index contributed by atoms with van der Waals surface area (Å²) in [7, 11) is -4.31. The highest BCUT2D eigenvalue weighted by molar-refractivity contribution is 7.92. The fourth-order valence-electron chi connectivity index (χ4n) is 4.99. The summed E-state index contributed by atoms with van der Waals surface area (Å²) < 4.78 is 29.4. The van der Waals surface area contributed by atoms with Crippen molar-refractivity contribution in [3.05, 3.63) is 129 Å². The molecule has 4 aromatic carbocycles. The molecule has 2 unspecified atom stereocenters. The zero-order valence-electron chi connectivity index (χ0n) is 26.4. The summed E-state index contributed by atoms with van der Waals surface area (Å²) in [6.07, 6.45) is 0.925. The Hall–Kier alpha value is -3.85. The second kappa shape index (κ2) is 15.6. The lowest BCUT2D eigenvalue weighted by molar-refractivity contribution is -0.140. The van der Waals surface area contributed by atoms with Gasteiger partial charge in [-0.25, -0.2) is 8.42 Å². The Labute approximate surface area is 282 Å². The van der Waals surface area contributed by atoms with E-state index in [2.05, 4.69) is 5.32 Å². The van der Waals surface area contributed by atoms with Crippen LogP contribution in [0.15, 0.2) is 102 Å². The van der Waals surface area contributed by atoms with Gasteiger partial charge in [-0.3, -0.25) is 13.9 Å². The molecule has 1 N–H and O–H groups in total. The largest absolute Gasteiger partial charge is 0.352 e. The van der Waals surface area contributed by atoms with Gasteiger partial charge in [-0.05, 0) is 74.2 Å². The average molecular weight is 681 g/mol. The Balaban J connectivity index is 1.85. The first kappa shape index (κ1) is 35.0. The summed E-state index contributed by atoms with van der Waals surface area (Å²) in [6.45, 7) is 7.12. The molecule has 10 heteroatoms. The first-order valence-corrected chi connectivity index (χ1v) is 17.3. The minimum absolute atomic E-state index is 0.0113. The van der Waals surface area contributed by atoms with Crippen molar-refractivity contribution in [3.63, 3.8) is 0 Å². The third-order valence-electron chi connectivity index (χ3n) is 7.94.